The van der Waals surface area contributed by atoms with Crippen LogP contribution in [0.1, 0.15) is 25.7 Å². The van der Waals surface area contributed by atoms with E-state index in [2.05, 4.69) is 10.2 Å². The summed E-state index contributed by atoms with van der Waals surface area (Å²) in [4.78, 5) is 28.7. The lowest BCUT2D eigenvalue weighted by atomic mass is 10.1. The van der Waals surface area contributed by atoms with Crippen molar-refractivity contribution in [1.82, 2.24) is 14.4 Å². The summed E-state index contributed by atoms with van der Waals surface area (Å²) >= 11 is 0. The molecule has 126 valence electrons. The van der Waals surface area contributed by atoms with E-state index in [0.29, 0.717) is 11.6 Å². The van der Waals surface area contributed by atoms with Crippen LogP contribution in [0.15, 0.2) is 23.1 Å². The van der Waals surface area contributed by atoms with Crippen LogP contribution in [0.3, 0.4) is 0 Å². The van der Waals surface area contributed by atoms with Crippen molar-refractivity contribution in [2.75, 3.05) is 38.0 Å². The monoisotopic (exact) mass is 318 g/mol. The predicted octanol–water partition coefficient (Wildman–Crippen LogP) is 1.72. The Kier molecular flexibility index (Phi) is 5.00. The number of urea groups is 1. The third kappa shape index (κ3) is 3.93. The van der Waals surface area contributed by atoms with Crippen LogP contribution in [0.25, 0.3) is 0 Å². The number of anilines is 1. The molecule has 1 aromatic rings. The molecule has 0 aliphatic carbocycles. The molecule has 6 nitrogen and oxygen atoms in total. The molecule has 3 heterocycles. The van der Waals surface area contributed by atoms with Gasteiger partial charge in [-0.1, -0.05) is 6.42 Å². The zero-order valence-corrected chi connectivity index (χ0v) is 13.8. The van der Waals surface area contributed by atoms with Gasteiger partial charge >= 0.3 is 6.03 Å². The minimum atomic E-state index is -0.176. The van der Waals surface area contributed by atoms with Crippen LogP contribution < -0.4 is 10.9 Å². The van der Waals surface area contributed by atoms with E-state index in [4.69, 9.17) is 0 Å². The average Bonchev–Trinajstić information content (AvgIpc) is 3.01. The van der Waals surface area contributed by atoms with Crippen LogP contribution in [0.5, 0.6) is 0 Å². The van der Waals surface area contributed by atoms with Crippen molar-refractivity contribution < 1.29 is 4.79 Å². The smallest absolute Gasteiger partial charge is 0.322 e. The Bertz CT molecular complexity index is 607. The summed E-state index contributed by atoms with van der Waals surface area (Å²) in [5.41, 5.74) is 0.171. The van der Waals surface area contributed by atoms with Crippen molar-refractivity contribution in [2.24, 2.45) is 13.0 Å². The summed E-state index contributed by atoms with van der Waals surface area (Å²) in [6, 6.07) is 3.26. The quantitative estimate of drug-likeness (QED) is 0.923. The molecule has 2 fully saturated rings. The van der Waals surface area contributed by atoms with Crippen LogP contribution in [0.4, 0.5) is 10.5 Å². The van der Waals surface area contributed by atoms with Crippen molar-refractivity contribution in [2.45, 2.75) is 25.7 Å². The lowest BCUT2D eigenvalue weighted by Gasteiger charge is -2.29. The molecular weight excluding hydrogens is 292 g/mol. The first-order chi connectivity index (χ1) is 11.1. The summed E-state index contributed by atoms with van der Waals surface area (Å²) in [6.07, 6.45) is 6.68. The first kappa shape index (κ1) is 16.1. The number of aromatic nitrogens is 1. The normalized spacial score (nSPS) is 22.3. The van der Waals surface area contributed by atoms with Gasteiger partial charge in [0.2, 0.25) is 0 Å². The fourth-order valence-corrected chi connectivity index (χ4v) is 3.56. The van der Waals surface area contributed by atoms with E-state index in [1.165, 1.54) is 36.9 Å². The van der Waals surface area contributed by atoms with Crippen molar-refractivity contribution in [3.8, 4) is 0 Å². The molecule has 0 bridgehead atoms. The molecule has 6 heteroatoms. The van der Waals surface area contributed by atoms with Gasteiger partial charge in [-0.3, -0.25) is 4.79 Å². The molecule has 0 saturated carbocycles. The van der Waals surface area contributed by atoms with E-state index in [1.54, 1.807) is 25.4 Å². The van der Waals surface area contributed by atoms with Crippen molar-refractivity contribution >= 4 is 11.7 Å². The third-order valence-corrected chi connectivity index (χ3v) is 4.90. The number of pyridine rings is 1. The van der Waals surface area contributed by atoms with Gasteiger partial charge in [-0.05, 0) is 50.4 Å². The van der Waals surface area contributed by atoms with Gasteiger partial charge in [-0.2, -0.15) is 0 Å². The van der Waals surface area contributed by atoms with Gasteiger partial charge in [0.25, 0.3) is 5.56 Å². The standard InChI is InChI=1S/C17H26N4O2/c1-19-8-5-6-15(16(19)22)18-17(23)21-11-7-14(13-21)12-20-9-3-2-4-10-20/h5-6,8,14H,2-4,7,9-13H2,1H3,(H,18,23)/t14-/m1/s1. The molecule has 1 atom stereocenters. The number of piperidine rings is 1. The Morgan fingerprint density at radius 3 is 2.83 bits per heavy atom. The summed E-state index contributed by atoms with van der Waals surface area (Å²) in [7, 11) is 1.68. The number of aryl methyl sites for hydroxylation is 1. The molecule has 1 aromatic heterocycles. The summed E-state index contributed by atoms with van der Waals surface area (Å²) in [6.45, 7) is 5.05. The molecule has 2 aliphatic heterocycles. The Balaban J connectivity index is 1.53. The average molecular weight is 318 g/mol. The topological polar surface area (TPSA) is 57.6 Å². The number of carbonyl (C=O) groups excluding carboxylic acids is 1. The van der Waals surface area contributed by atoms with Gasteiger partial charge in [-0.15, -0.1) is 0 Å². The Morgan fingerprint density at radius 2 is 2.04 bits per heavy atom. The SMILES string of the molecule is Cn1cccc(NC(=O)N2CC[C@H](CN3CCCCC3)C2)c1=O. The van der Waals surface area contributed by atoms with Gasteiger partial charge in [0, 0.05) is 32.9 Å². The second-order valence-corrected chi connectivity index (χ2v) is 6.73. The first-order valence-corrected chi connectivity index (χ1v) is 8.57. The molecule has 2 saturated heterocycles. The maximum Gasteiger partial charge on any atom is 0.322 e. The minimum absolute atomic E-state index is 0.158. The molecule has 0 aromatic carbocycles. The highest BCUT2D eigenvalue weighted by Gasteiger charge is 2.28. The van der Waals surface area contributed by atoms with Crippen LogP contribution in [0, 0.1) is 5.92 Å². The predicted molar refractivity (Wildman–Crippen MR) is 90.7 cm³/mol. The molecule has 0 spiro atoms. The Morgan fingerprint density at radius 1 is 1.26 bits per heavy atom. The molecule has 0 radical (unpaired) electrons. The highest BCUT2D eigenvalue weighted by molar-refractivity contribution is 5.89. The number of likely N-dealkylation sites (tertiary alicyclic amines) is 2. The van der Waals surface area contributed by atoms with Crippen molar-refractivity contribution in [3.05, 3.63) is 28.7 Å². The maximum absolute atomic E-state index is 12.4. The van der Waals surface area contributed by atoms with Crippen LogP contribution in [-0.2, 0) is 7.05 Å². The second kappa shape index (κ2) is 7.17. The minimum Gasteiger partial charge on any atom is -0.324 e. The van der Waals surface area contributed by atoms with Gasteiger partial charge in [0.1, 0.15) is 5.69 Å². The Labute approximate surface area is 137 Å². The number of carbonyl (C=O) groups is 1. The Hall–Kier alpha value is -1.82. The summed E-state index contributed by atoms with van der Waals surface area (Å²) < 4.78 is 1.47. The van der Waals surface area contributed by atoms with Crippen LogP contribution in [-0.4, -0.2) is 53.1 Å². The number of nitrogens with zero attached hydrogens (tertiary/aromatic N) is 3. The van der Waals surface area contributed by atoms with Crippen LogP contribution in [0.2, 0.25) is 0 Å². The molecule has 0 unspecified atom stereocenters. The molecule has 1 N–H and O–H groups in total. The molecule has 2 amide bonds. The zero-order chi connectivity index (χ0) is 16.2. The van der Waals surface area contributed by atoms with Crippen LogP contribution >= 0.6 is 0 Å². The highest BCUT2D eigenvalue weighted by atomic mass is 16.2. The van der Waals surface area contributed by atoms with E-state index < -0.39 is 0 Å². The molecule has 2 aliphatic rings. The zero-order valence-electron chi connectivity index (χ0n) is 13.8. The maximum atomic E-state index is 12.4. The number of amides is 2. The van der Waals surface area contributed by atoms with Gasteiger partial charge in [0.15, 0.2) is 0 Å². The number of nitrogens with one attached hydrogen (secondary N) is 1. The number of hydrogen-bond donors (Lipinski definition) is 1. The van der Waals surface area contributed by atoms with Gasteiger partial charge in [-0.25, -0.2) is 4.79 Å². The first-order valence-electron chi connectivity index (χ1n) is 8.57. The van der Waals surface area contributed by atoms with E-state index in [9.17, 15) is 9.59 Å². The van der Waals surface area contributed by atoms with E-state index in [0.717, 1.165) is 26.1 Å². The fraction of sp³-hybridized carbons (Fsp3) is 0.647. The lowest BCUT2D eigenvalue weighted by Crippen LogP contribution is -2.38. The molecule has 23 heavy (non-hydrogen) atoms. The van der Waals surface area contributed by atoms with Gasteiger partial charge < -0.3 is 19.7 Å². The number of hydrogen-bond acceptors (Lipinski definition) is 3. The summed E-state index contributed by atoms with van der Waals surface area (Å²) in [5, 5.41) is 2.76. The van der Waals surface area contributed by atoms with E-state index in [-0.39, 0.29) is 11.6 Å². The van der Waals surface area contributed by atoms with E-state index >= 15 is 0 Å². The second-order valence-electron chi connectivity index (χ2n) is 6.73. The van der Waals surface area contributed by atoms with Crippen molar-refractivity contribution in [1.29, 1.82) is 0 Å². The van der Waals surface area contributed by atoms with E-state index in [1.807, 2.05) is 4.90 Å². The fourth-order valence-electron chi connectivity index (χ4n) is 3.56. The summed E-state index contributed by atoms with van der Waals surface area (Å²) in [5.74, 6) is 0.553. The molecule has 3 rings (SSSR count). The lowest BCUT2D eigenvalue weighted by molar-refractivity contribution is 0.192. The number of rotatable bonds is 3. The molecular formula is C17H26N4O2. The largest absolute Gasteiger partial charge is 0.324 e. The van der Waals surface area contributed by atoms with Gasteiger partial charge in [0.05, 0.1) is 0 Å². The third-order valence-electron chi connectivity index (χ3n) is 4.90. The van der Waals surface area contributed by atoms with Crippen molar-refractivity contribution in [3.63, 3.8) is 0 Å². The highest BCUT2D eigenvalue weighted by Crippen LogP contribution is 2.20.